The van der Waals surface area contributed by atoms with E-state index >= 15 is 0 Å². The first-order chi connectivity index (χ1) is 14.0. The van der Waals surface area contributed by atoms with Crippen molar-refractivity contribution in [2.24, 2.45) is 11.8 Å². The van der Waals surface area contributed by atoms with Gasteiger partial charge in [0.2, 0.25) is 11.8 Å². The molecular weight excluding hydrogens is 372 g/mol. The van der Waals surface area contributed by atoms with E-state index in [-0.39, 0.29) is 42.8 Å². The van der Waals surface area contributed by atoms with Crippen molar-refractivity contribution in [1.29, 1.82) is 0 Å². The standard InChI is InChI=1S/C22H36N2O5/c1-2-3-8-13-23-20(25)14-21(26)24-15-17-16(18-11-12-19(17)29-18)9-6-4-5-7-10-22(27)28/h4,6,16-19H,2-3,5,7-15H2,1H3,(H,23,25)(H,24,26)(H,27,28)/b6-4+. The Kier molecular flexibility index (Phi) is 10.2. The Labute approximate surface area is 173 Å². The molecule has 2 amide bonds. The molecule has 164 valence electrons. The zero-order chi connectivity index (χ0) is 21.1. The maximum atomic E-state index is 12.1. The van der Waals surface area contributed by atoms with E-state index in [1.807, 2.05) is 6.08 Å². The number of nitrogens with one attached hydrogen (secondary N) is 2. The van der Waals surface area contributed by atoms with Gasteiger partial charge in [-0.05, 0) is 44.4 Å². The van der Waals surface area contributed by atoms with Gasteiger partial charge in [-0.1, -0.05) is 31.9 Å². The second-order valence-electron chi connectivity index (χ2n) is 8.15. The molecule has 0 aromatic carbocycles. The average Bonchev–Trinajstić information content (AvgIpc) is 3.28. The summed E-state index contributed by atoms with van der Waals surface area (Å²) in [6, 6.07) is 0. The van der Waals surface area contributed by atoms with Crippen LogP contribution in [0, 0.1) is 11.8 Å². The highest BCUT2D eigenvalue weighted by Crippen LogP contribution is 2.44. The second kappa shape index (κ2) is 12.6. The van der Waals surface area contributed by atoms with Crippen molar-refractivity contribution >= 4 is 17.8 Å². The predicted molar refractivity (Wildman–Crippen MR) is 110 cm³/mol. The number of fused-ring (bicyclic) bond motifs is 2. The number of allylic oxidation sites excluding steroid dienone is 2. The molecule has 2 aliphatic rings. The van der Waals surface area contributed by atoms with Gasteiger partial charge in [-0.15, -0.1) is 0 Å². The molecule has 0 aromatic rings. The lowest BCUT2D eigenvalue weighted by Crippen LogP contribution is -2.39. The number of hydrogen-bond acceptors (Lipinski definition) is 4. The molecule has 4 unspecified atom stereocenters. The van der Waals surface area contributed by atoms with Crippen molar-refractivity contribution in [2.45, 2.75) is 83.3 Å². The number of unbranched alkanes of at least 4 members (excludes halogenated alkanes) is 3. The maximum Gasteiger partial charge on any atom is 0.303 e. The third-order valence-corrected chi connectivity index (χ3v) is 5.89. The van der Waals surface area contributed by atoms with Crippen molar-refractivity contribution in [2.75, 3.05) is 13.1 Å². The largest absolute Gasteiger partial charge is 0.481 e. The molecule has 29 heavy (non-hydrogen) atoms. The minimum absolute atomic E-state index is 0.123. The van der Waals surface area contributed by atoms with Crippen molar-refractivity contribution in [3.8, 4) is 0 Å². The number of carbonyl (C=O) groups is 3. The third-order valence-electron chi connectivity index (χ3n) is 5.89. The number of rotatable bonds is 14. The van der Waals surface area contributed by atoms with E-state index in [1.54, 1.807) is 0 Å². The van der Waals surface area contributed by atoms with Gasteiger partial charge in [-0.2, -0.15) is 0 Å². The van der Waals surface area contributed by atoms with Crippen LogP contribution in [0.5, 0.6) is 0 Å². The maximum absolute atomic E-state index is 12.1. The van der Waals surface area contributed by atoms with Crippen LogP contribution in [0.2, 0.25) is 0 Å². The number of carboxylic acids is 1. The first kappa shape index (κ1) is 23.4. The molecule has 0 aromatic heterocycles. The molecule has 0 spiro atoms. The zero-order valence-electron chi connectivity index (χ0n) is 17.5. The lowest BCUT2D eigenvalue weighted by molar-refractivity contribution is -0.137. The van der Waals surface area contributed by atoms with Crippen LogP contribution in [0.15, 0.2) is 12.2 Å². The number of aliphatic carboxylic acids is 1. The van der Waals surface area contributed by atoms with Gasteiger partial charge in [-0.25, -0.2) is 0 Å². The molecule has 0 aliphatic carbocycles. The Morgan fingerprint density at radius 1 is 1.00 bits per heavy atom. The van der Waals surface area contributed by atoms with Crippen LogP contribution in [0.25, 0.3) is 0 Å². The molecule has 2 bridgehead atoms. The fraction of sp³-hybridized carbons (Fsp3) is 0.773. The topological polar surface area (TPSA) is 105 Å². The monoisotopic (exact) mass is 408 g/mol. The van der Waals surface area contributed by atoms with Crippen molar-refractivity contribution in [1.82, 2.24) is 10.6 Å². The fourth-order valence-electron chi connectivity index (χ4n) is 4.33. The van der Waals surface area contributed by atoms with Gasteiger partial charge >= 0.3 is 5.97 Å². The predicted octanol–water partition coefficient (Wildman–Crippen LogP) is 2.79. The Hall–Kier alpha value is -1.89. The molecule has 2 fully saturated rings. The molecule has 7 nitrogen and oxygen atoms in total. The molecule has 7 heteroatoms. The van der Waals surface area contributed by atoms with Crippen LogP contribution in [-0.4, -0.2) is 48.2 Å². The molecule has 2 rings (SSSR count). The van der Waals surface area contributed by atoms with Crippen LogP contribution in [0.4, 0.5) is 0 Å². The van der Waals surface area contributed by atoms with E-state index in [2.05, 4.69) is 23.6 Å². The van der Waals surface area contributed by atoms with E-state index in [0.717, 1.165) is 44.9 Å². The van der Waals surface area contributed by atoms with Crippen LogP contribution < -0.4 is 10.6 Å². The highest BCUT2D eigenvalue weighted by molar-refractivity contribution is 5.96. The van der Waals surface area contributed by atoms with Crippen LogP contribution in [0.1, 0.15) is 71.1 Å². The first-order valence-electron chi connectivity index (χ1n) is 11.1. The van der Waals surface area contributed by atoms with Gasteiger partial charge in [0, 0.05) is 25.4 Å². The van der Waals surface area contributed by atoms with Crippen LogP contribution in [-0.2, 0) is 19.1 Å². The molecule has 0 radical (unpaired) electrons. The summed E-state index contributed by atoms with van der Waals surface area (Å²) in [4.78, 5) is 34.5. The van der Waals surface area contributed by atoms with Crippen molar-refractivity contribution in [3.05, 3.63) is 12.2 Å². The number of ether oxygens (including phenoxy) is 1. The van der Waals surface area contributed by atoms with E-state index in [0.29, 0.717) is 25.4 Å². The summed E-state index contributed by atoms with van der Waals surface area (Å²) in [6.07, 6.45) is 12.2. The minimum Gasteiger partial charge on any atom is -0.481 e. The lowest BCUT2D eigenvalue weighted by atomic mass is 9.77. The highest BCUT2D eigenvalue weighted by atomic mass is 16.5. The van der Waals surface area contributed by atoms with Gasteiger partial charge in [-0.3, -0.25) is 14.4 Å². The minimum atomic E-state index is -0.759. The Morgan fingerprint density at radius 3 is 2.45 bits per heavy atom. The van der Waals surface area contributed by atoms with Crippen molar-refractivity contribution < 1.29 is 24.2 Å². The summed E-state index contributed by atoms with van der Waals surface area (Å²) < 4.78 is 6.05. The smallest absolute Gasteiger partial charge is 0.303 e. The van der Waals surface area contributed by atoms with E-state index in [4.69, 9.17) is 9.84 Å². The average molecular weight is 409 g/mol. The fourth-order valence-corrected chi connectivity index (χ4v) is 4.33. The van der Waals surface area contributed by atoms with E-state index < -0.39 is 5.97 Å². The molecule has 0 saturated carbocycles. The molecular formula is C22H36N2O5. The van der Waals surface area contributed by atoms with Crippen molar-refractivity contribution in [3.63, 3.8) is 0 Å². The summed E-state index contributed by atoms with van der Waals surface area (Å²) >= 11 is 0. The van der Waals surface area contributed by atoms with Gasteiger partial charge in [0.05, 0.1) is 12.2 Å². The highest BCUT2D eigenvalue weighted by Gasteiger charge is 2.47. The zero-order valence-corrected chi connectivity index (χ0v) is 17.5. The number of carbonyl (C=O) groups excluding carboxylic acids is 2. The number of hydrogen-bond donors (Lipinski definition) is 3. The summed E-state index contributed by atoms with van der Waals surface area (Å²) in [5.74, 6) is -0.570. The normalized spacial score (nSPS) is 25.4. The molecule has 2 saturated heterocycles. The van der Waals surface area contributed by atoms with Gasteiger partial charge < -0.3 is 20.5 Å². The number of amides is 2. The van der Waals surface area contributed by atoms with Crippen LogP contribution >= 0.6 is 0 Å². The molecule has 2 heterocycles. The number of carboxylic acid groups (broad SMARTS) is 1. The Bertz CT molecular complexity index is 578. The summed E-state index contributed by atoms with van der Waals surface area (Å²) in [7, 11) is 0. The molecule has 3 N–H and O–H groups in total. The second-order valence-corrected chi connectivity index (χ2v) is 8.15. The first-order valence-corrected chi connectivity index (χ1v) is 11.1. The van der Waals surface area contributed by atoms with E-state index in [1.165, 1.54) is 0 Å². The van der Waals surface area contributed by atoms with Gasteiger partial charge in [0.25, 0.3) is 0 Å². The Morgan fingerprint density at radius 2 is 1.72 bits per heavy atom. The summed E-state index contributed by atoms with van der Waals surface area (Å²) in [5.41, 5.74) is 0. The SMILES string of the molecule is CCCCCNC(=O)CC(=O)NCC1C2CCC(O2)C1C/C=C/CCCC(=O)O. The van der Waals surface area contributed by atoms with Crippen LogP contribution in [0.3, 0.4) is 0 Å². The van der Waals surface area contributed by atoms with E-state index in [9.17, 15) is 14.4 Å². The molecule has 4 atom stereocenters. The Balaban J connectivity index is 1.69. The summed E-state index contributed by atoms with van der Waals surface area (Å²) in [6.45, 7) is 3.28. The third kappa shape index (κ3) is 8.17. The van der Waals surface area contributed by atoms with Gasteiger partial charge in [0.1, 0.15) is 6.42 Å². The quantitative estimate of drug-likeness (QED) is 0.233. The summed E-state index contributed by atoms with van der Waals surface area (Å²) in [5, 5.41) is 14.4. The molecule has 2 aliphatic heterocycles. The van der Waals surface area contributed by atoms with Gasteiger partial charge in [0.15, 0.2) is 0 Å². The lowest BCUT2D eigenvalue weighted by Gasteiger charge is -2.27.